The van der Waals surface area contributed by atoms with Crippen LogP contribution in [0.2, 0.25) is 0 Å². The van der Waals surface area contributed by atoms with E-state index in [4.69, 9.17) is 4.74 Å². The molecule has 1 unspecified atom stereocenters. The van der Waals surface area contributed by atoms with Crippen molar-refractivity contribution in [1.29, 1.82) is 0 Å². The summed E-state index contributed by atoms with van der Waals surface area (Å²) in [5.74, 6) is -0.601. The Morgan fingerprint density at radius 2 is 2.05 bits per heavy atom. The number of aromatic nitrogens is 3. The van der Waals surface area contributed by atoms with Gasteiger partial charge in [-0.15, -0.1) is 0 Å². The van der Waals surface area contributed by atoms with Crippen LogP contribution in [0.15, 0.2) is 36.9 Å². The summed E-state index contributed by atoms with van der Waals surface area (Å²) in [5, 5.41) is 6.67. The number of carbonyl (C=O) groups excluding carboxylic acids is 2. The smallest absolute Gasteiger partial charge is 0.338 e. The van der Waals surface area contributed by atoms with E-state index < -0.39 is 6.04 Å². The molecule has 1 aromatic heterocycles. The Morgan fingerprint density at radius 3 is 2.62 bits per heavy atom. The maximum atomic E-state index is 12.0. The van der Waals surface area contributed by atoms with Gasteiger partial charge in [0, 0.05) is 5.69 Å². The Labute approximate surface area is 121 Å². The molecule has 0 saturated carbocycles. The lowest BCUT2D eigenvalue weighted by Gasteiger charge is -2.12. The maximum Gasteiger partial charge on any atom is 0.338 e. The molecule has 1 aromatic carbocycles. The molecule has 7 nitrogen and oxygen atoms in total. The zero-order chi connectivity index (χ0) is 15.2. The molecule has 1 heterocycles. The fourth-order valence-electron chi connectivity index (χ4n) is 1.69. The Morgan fingerprint density at radius 1 is 1.33 bits per heavy atom. The third kappa shape index (κ3) is 3.65. The van der Waals surface area contributed by atoms with Crippen LogP contribution >= 0.6 is 0 Å². The molecular weight excluding hydrogens is 272 g/mol. The number of benzene rings is 1. The lowest BCUT2D eigenvalue weighted by atomic mass is 10.2. The summed E-state index contributed by atoms with van der Waals surface area (Å²) in [6.45, 7) is 3.79. The molecule has 0 saturated heterocycles. The highest BCUT2D eigenvalue weighted by atomic mass is 16.5. The van der Waals surface area contributed by atoms with E-state index in [1.807, 2.05) is 0 Å². The number of amides is 1. The van der Waals surface area contributed by atoms with Crippen molar-refractivity contribution >= 4 is 17.6 Å². The van der Waals surface area contributed by atoms with Gasteiger partial charge in [-0.25, -0.2) is 14.5 Å². The number of nitrogens with zero attached hydrogens (tertiary/aromatic N) is 3. The fourth-order valence-corrected chi connectivity index (χ4v) is 1.69. The number of esters is 1. The fraction of sp³-hybridized carbons (Fsp3) is 0.286. The Hall–Kier alpha value is -2.70. The van der Waals surface area contributed by atoms with Gasteiger partial charge < -0.3 is 10.1 Å². The normalized spacial score (nSPS) is 11.7. The topological polar surface area (TPSA) is 86.1 Å². The molecule has 0 radical (unpaired) electrons. The first-order valence-corrected chi connectivity index (χ1v) is 6.54. The van der Waals surface area contributed by atoms with Gasteiger partial charge in [0.15, 0.2) is 0 Å². The van der Waals surface area contributed by atoms with Crippen molar-refractivity contribution in [1.82, 2.24) is 14.8 Å². The monoisotopic (exact) mass is 288 g/mol. The number of rotatable bonds is 5. The predicted octanol–water partition coefficient (Wildman–Crippen LogP) is 1.65. The van der Waals surface area contributed by atoms with E-state index in [0.717, 1.165) is 0 Å². The van der Waals surface area contributed by atoms with Gasteiger partial charge in [-0.3, -0.25) is 4.79 Å². The molecule has 0 spiro atoms. The van der Waals surface area contributed by atoms with Crippen molar-refractivity contribution in [2.45, 2.75) is 19.9 Å². The highest BCUT2D eigenvalue weighted by Gasteiger charge is 2.15. The molecule has 2 aromatic rings. The van der Waals surface area contributed by atoms with E-state index in [9.17, 15) is 9.59 Å². The Balaban J connectivity index is 2.00. The lowest BCUT2D eigenvalue weighted by Crippen LogP contribution is -2.24. The van der Waals surface area contributed by atoms with Gasteiger partial charge in [-0.1, -0.05) is 0 Å². The van der Waals surface area contributed by atoms with Gasteiger partial charge in [-0.2, -0.15) is 5.10 Å². The van der Waals surface area contributed by atoms with E-state index in [1.54, 1.807) is 38.1 Å². The molecule has 0 bridgehead atoms. The third-order valence-electron chi connectivity index (χ3n) is 2.88. The average Bonchev–Trinajstić information content (AvgIpc) is 3.01. The summed E-state index contributed by atoms with van der Waals surface area (Å²) >= 11 is 0. The molecule has 0 fully saturated rings. The van der Waals surface area contributed by atoms with Gasteiger partial charge >= 0.3 is 5.97 Å². The number of carbonyl (C=O) groups is 2. The maximum absolute atomic E-state index is 12.0. The molecule has 1 atom stereocenters. The van der Waals surface area contributed by atoms with Crippen LogP contribution in [0, 0.1) is 0 Å². The van der Waals surface area contributed by atoms with Crippen LogP contribution in [-0.2, 0) is 9.53 Å². The van der Waals surface area contributed by atoms with Crippen LogP contribution in [0.25, 0.3) is 0 Å². The highest BCUT2D eigenvalue weighted by Crippen LogP contribution is 2.13. The summed E-state index contributed by atoms with van der Waals surface area (Å²) in [7, 11) is 0. The molecule has 0 aliphatic heterocycles. The summed E-state index contributed by atoms with van der Waals surface area (Å²) < 4.78 is 6.35. The largest absolute Gasteiger partial charge is 0.462 e. The first kappa shape index (κ1) is 14.7. The molecular formula is C14H16N4O3. The molecule has 1 amide bonds. The molecule has 7 heteroatoms. The number of hydrogen-bond acceptors (Lipinski definition) is 5. The van der Waals surface area contributed by atoms with E-state index in [0.29, 0.717) is 17.9 Å². The lowest BCUT2D eigenvalue weighted by molar-refractivity contribution is -0.119. The van der Waals surface area contributed by atoms with Crippen molar-refractivity contribution in [3.63, 3.8) is 0 Å². The van der Waals surface area contributed by atoms with Gasteiger partial charge in [0.05, 0.1) is 12.2 Å². The first-order chi connectivity index (χ1) is 10.1. The van der Waals surface area contributed by atoms with Gasteiger partial charge in [-0.05, 0) is 38.1 Å². The highest BCUT2D eigenvalue weighted by molar-refractivity contribution is 5.94. The zero-order valence-corrected chi connectivity index (χ0v) is 11.8. The quantitative estimate of drug-likeness (QED) is 0.845. The second-order valence-corrected chi connectivity index (χ2v) is 4.34. The van der Waals surface area contributed by atoms with Crippen LogP contribution in [0.4, 0.5) is 5.69 Å². The van der Waals surface area contributed by atoms with Crippen molar-refractivity contribution in [3.8, 4) is 0 Å². The molecule has 2 rings (SSSR count). The second kappa shape index (κ2) is 6.65. The van der Waals surface area contributed by atoms with Crippen LogP contribution in [-0.4, -0.2) is 33.2 Å². The van der Waals surface area contributed by atoms with E-state index in [2.05, 4.69) is 15.4 Å². The molecule has 0 aliphatic carbocycles. The van der Waals surface area contributed by atoms with Crippen LogP contribution < -0.4 is 5.32 Å². The minimum atomic E-state index is -0.475. The molecule has 0 aliphatic rings. The Kier molecular flexibility index (Phi) is 4.65. The van der Waals surface area contributed by atoms with Crippen LogP contribution in [0.3, 0.4) is 0 Å². The van der Waals surface area contributed by atoms with Crippen molar-refractivity contribution in [3.05, 3.63) is 42.5 Å². The summed E-state index contributed by atoms with van der Waals surface area (Å²) in [6, 6.07) is 6.04. The summed E-state index contributed by atoms with van der Waals surface area (Å²) in [6.07, 6.45) is 2.85. The minimum absolute atomic E-state index is 0.218. The van der Waals surface area contributed by atoms with Crippen LogP contribution in [0.1, 0.15) is 30.2 Å². The number of anilines is 1. The third-order valence-corrected chi connectivity index (χ3v) is 2.88. The van der Waals surface area contributed by atoms with Crippen molar-refractivity contribution in [2.75, 3.05) is 11.9 Å². The first-order valence-electron chi connectivity index (χ1n) is 6.54. The second-order valence-electron chi connectivity index (χ2n) is 4.34. The SMILES string of the molecule is CCOC(=O)c1ccc(NC(=O)C(C)n2cncn2)cc1. The zero-order valence-electron chi connectivity index (χ0n) is 11.8. The summed E-state index contributed by atoms with van der Waals surface area (Å²) in [5.41, 5.74) is 1.04. The molecule has 110 valence electrons. The van der Waals surface area contributed by atoms with E-state index in [1.165, 1.54) is 17.3 Å². The van der Waals surface area contributed by atoms with Gasteiger partial charge in [0.2, 0.25) is 5.91 Å². The Bertz CT molecular complexity index is 608. The van der Waals surface area contributed by atoms with Gasteiger partial charge in [0.1, 0.15) is 18.7 Å². The van der Waals surface area contributed by atoms with E-state index >= 15 is 0 Å². The van der Waals surface area contributed by atoms with Crippen molar-refractivity contribution < 1.29 is 14.3 Å². The minimum Gasteiger partial charge on any atom is -0.462 e. The van der Waals surface area contributed by atoms with Gasteiger partial charge in [0.25, 0.3) is 0 Å². The average molecular weight is 288 g/mol. The molecule has 21 heavy (non-hydrogen) atoms. The van der Waals surface area contributed by atoms with Crippen molar-refractivity contribution in [2.24, 2.45) is 0 Å². The summed E-state index contributed by atoms with van der Waals surface area (Å²) in [4.78, 5) is 27.4. The van der Waals surface area contributed by atoms with E-state index in [-0.39, 0.29) is 11.9 Å². The predicted molar refractivity (Wildman–Crippen MR) is 75.8 cm³/mol. The molecule has 1 N–H and O–H groups in total. The standard InChI is InChI=1S/C14H16N4O3/c1-3-21-14(20)11-4-6-12(7-5-11)17-13(19)10(2)18-9-15-8-16-18/h4-10H,3H2,1-2H3,(H,17,19). The number of nitrogens with one attached hydrogen (secondary N) is 1. The number of hydrogen-bond donors (Lipinski definition) is 1. The number of ether oxygens (including phenoxy) is 1. The van der Waals surface area contributed by atoms with Crippen LogP contribution in [0.5, 0.6) is 0 Å².